The van der Waals surface area contributed by atoms with Crippen LogP contribution in [0.5, 0.6) is 0 Å². The number of H-pyrrole nitrogens is 2. The number of carbonyl (C=O) groups excluding carboxylic acids is 1. The summed E-state index contributed by atoms with van der Waals surface area (Å²) in [5.41, 5.74) is 3.78. The van der Waals surface area contributed by atoms with Gasteiger partial charge in [0, 0.05) is 42.5 Å². The lowest BCUT2D eigenvalue weighted by Gasteiger charge is -2.16. The molecule has 0 radical (unpaired) electrons. The highest BCUT2D eigenvalue weighted by Crippen LogP contribution is 2.24. The number of nitrogens with one attached hydrogen (secondary N) is 3. The van der Waals surface area contributed by atoms with Crippen LogP contribution in [0.1, 0.15) is 16.8 Å². The van der Waals surface area contributed by atoms with E-state index in [1.54, 1.807) is 0 Å². The Bertz CT molecular complexity index is 1110. The van der Waals surface area contributed by atoms with Crippen molar-refractivity contribution < 1.29 is 4.79 Å². The van der Waals surface area contributed by atoms with E-state index in [0.717, 1.165) is 47.5 Å². The quantitative estimate of drug-likeness (QED) is 0.513. The second kappa shape index (κ2) is 6.88. The van der Waals surface area contributed by atoms with Crippen LogP contribution in [0.25, 0.3) is 22.2 Å². The molecule has 5 rings (SSSR count). The maximum absolute atomic E-state index is 12.6. The number of aromatic nitrogens is 3. The summed E-state index contributed by atoms with van der Waals surface area (Å²) in [5, 5.41) is 11.8. The molecule has 2 aromatic heterocycles. The zero-order valence-electron chi connectivity index (χ0n) is 15.4. The van der Waals surface area contributed by atoms with E-state index in [1.165, 1.54) is 0 Å². The summed E-state index contributed by atoms with van der Waals surface area (Å²) in [6.45, 7) is 1.63. The molecule has 6 heteroatoms. The number of aromatic amines is 2. The van der Waals surface area contributed by atoms with Gasteiger partial charge in [-0.15, -0.1) is 0 Å². The van der Waals surface area contributed by atoms with Crippen LogP contribution in [0.3, 0.4) is 0 Å². The molecule has 1 fully saturated rings. The Labute approximate surface area is 162 Å². The van der Waals surface area contributed by atoms with E-state index in [4.69, 9.17) is 0 Å². The van der Waals surface area contributed by atoms with Gasteiger partial charge in [0.15, 0.2) is 5.82 Å². The molecule has 0 saturated carbocycles. The lowest BCUT2D eigenvalue weighted by molar-refractivity contribution is 0.0940. The van der Waals surface area contributed by atoms with Crippen molar-refractivity contribution >= 4 is 22.6 Å². The smallest absolute Gasteiger partial charge is 0.251 e. The highest BCUT2D eigenvalue weighted by molar-refractivity contribution is 5.98. The van der Waals surface area contributed by atoms with Crippen LogP contribution in [-0.4, -0.2) is 40.2 Å². The molecule has 4 aromatic rings. The number of benzene rings is 2. The maximum atomic E-state index is 12.6. The highest BCUT2D eigenvalue weighted by atomic mass is 16.1. The Kier molecular flexibility index (Phi) is 4.09. The molecule has 28 heavy (non-hydrogen) atoms. The first-order chi connectivity index (χ1) is 13.8. The maximum Gasteiger partial charge on any atom is 0.251 e. The highest BCUT2D eigenvalue weighted by Gasteiger charge is 2.26. The van der Waals surface area contributed by atoms with Gasteiger partial charge in [-0.1, -0.05) is 36.4 Å². The summed E-state index contributed by atoms with van der Waals surface area (Å²) in [6.07, 6.45) is 2.79. The topological polar surface area (TPSA) is 76.8 Å². The van der Waals surface area contributed by atoms with Crippen LogP contribution >= 0.6 is 0 Å². The molecule has 1 aliphatic rings. The van der Waals surface area contributed by atoms with E-state index in [1.807, 2.05) is 48.7 Å². The van der Waals surface area contributed by atoms with Crippen LogP contribution in [0.4, 0.5) is 5.82 Å². The summed E-state index contributed by atoms with van der Waals surface area (Å²) >= 11 is 0. The van der Waals surface area contributed by atoms with Gasteiger partial charge in [0.2, 0.25) is 0 Å². The van der Waals surface area contributed by atoms with Gasteiger partial charge >= 0.3 is 0 Å². The van der Waals surface area contributed by atoms with Crippen molar-refractivity contribution in [1.29, 1.82) is 0 Å². The van der Waals surface area contributed by atoms with Gasteiger partial charge in [-0.2, -0.15) is 5.10 Å². The monoisotopic (exact) mass is 371 g/mol. The molecule has 6 nitrogen and oxygen atoms in total. The molecule has 2 aromatic carbocycles. The van der Waals surface area contributed by atoms with Crippen LogP contribution in [0, 0.1) is 0 Å². The third kappa shape index (κ3) is 3.13. The van der Waals surface area contributed by atoms with Crippen molar-refractivity contribution in [2.75, 3.05) is 18.0 Å². The van der Waals surface area contributed by atoms with E-state index in [0.29, 0.717) is 5.56 Å². The lowest BCUT2D eigenvalue weighted by Crippen LogP contribution is -2.37. The fourth-order valence-corrected chi connectivity index (χ4v) is 3.78. The number of carbonyl (C=O) groups is 1. The molecule has 0 spiro atoms. The fourth-order valence-electron chi connectivity index (χ4n) is 3.78. The van der Waals surface area contributed by atoms with Crippen molar-refractivity contribution in [2.24, 2.45) is 0 Å². The van der Waals surface area contributed by atoms with Crippen molar-refractivity contribution in [3.63, 3.8) is 0 Å². The van der Waals surface area contributed by atoms with E-state index < -0.39 is 0 Å². The summed E-state index contributed by atoms with van der Waals surface area (Å²) in [4.78, 5) is 18.0. The summed E-state index contributed by atoms with van der Waals surface area (Å²) in [7, 11) is 0. The second-order valence-corrected chi connectivity index (χ2v) is 7.19. The number of hydrogen-bond acceptors (Lipinski definition) is 3. The second-order valence-electron chi connectivity index (χ2n) is 7.19. The van der Waals surface area contributed by atoms with Crippen molar-refractivity contribution in [3.05, 3.63) is 72.4 Å². The number of rotatable bonds is 4. The van der Waals surface area contributed by atoms with Gasteiger partial charge in [0.1, 0.15) is 0 Å². The third-order valence-electron chi connectivity index (χ3n) is 5.31. The number of hydrogen-bond donors (Lipinski definition) is 3. The minimum absolute atomic E-state index is 0.0321. The molecular formula is C22H21N5O. The molecule has 0 unspecified atom stereocenters. The number of amides is 1. The van der Waals surface area contributed by atoms with Crippen LogP contribution < -0.4 is 10.2 Å². The molecule has 0 bridgehead atoms. The molecule has 3 N–H and O–H groups in total. The molecule has 1 atom stereocenters. The third-order valence-corrected chi connectivity index (χ3v) is 5.31. The van der Waals surface area contributed by atoms with Gasteiger partial charge in [-0.05, 0) is 35.6 Å². The molecule has 140 valence electrons. The fraction of sp³-hybridized carbons (Fsp3) is 0.182. The predicted octanol–water partition coefficient (Wildman–Crippen LogP) is 3.57. The standard InChI is InChI=1S/C22H21N5O/c28-22(17-7-6-16-8-10-23-19(16)12-17)24-18-9-11-27(14-18)21-13-20(25-26-21)15-4-2-1-3-5-15/h1-8,10,12-13,18,23H,9,11,14H2,(H,24,28)(H,25,26)/t18-/m0/s1. The van der Waals surface area contributed by atoms with Gasteiger partial charge < -0.3 is 15.2 Å². The zero-order chi connectivity index (χ0) is 18.9. The summed E-state index contributed by atoms with van der Waals surface area (Å²) < 4.78 is 0. The van der Waals surface area contributed by atoms with Gasteiger partial charge in [-0.25, -0.2) is 0 Å². The zero-order valence-corrected chi connectivity index (χ0v) is 15.4. The summed E-state index contributed by atoms with van der Waals surface area (Å²) in [6, 6.07) is 20.1. The molecule has 3 heterocycles. The SMILES string of the molecule is O=C(N[C@H]1CCN(c2cc(-c3ccccc3)[nH]n2)C1)c1ccc2cc[nH]c2c1. The molecule has 1 amide bonds. The first-order valence-corrected chi connectivity index (χ1v) is 9.50. The minimum atomic E-state index is -0.0321. The molecular weight excluding hydrogens is 350 g/mol. The van der Waals surface area contributed by atoms with E-state index >= 15 is 0 Å². The number of fused-ring (bicyclic) bond motifs is 1. The normalized spacial score (nSPS) is 16.6. The van der Waals surface area contributed by atoms with Gasteiger partial charge in [0.05, 0.1) is 5.69 Å². The van der Waals surface area contributed by atoms with Gasteiger partial charge in [-0.3, -0.25) is 9.89 Å². The first-order valence-electron chi connectivity index (χ1n) is 9.50. The average Bonchev–Trinajstić information content (AvgIpc) is 3.48. The van der Waals surface area contributed by atoms with Gasteiger partial charge in [0.25, 0.3) is 5.91 Å². The van der Waals surface area contributed by atoms with Crippen molar-refractivity contribution in [1.82, 2.24) is 20.5 Å². The van der Waals surface area contributed by atoms with E-state index in [9.17, 15) is 4.79 Å². The van der Waals surface area contributed by atoms with Crippen molar-refractivity contribution in [2.45, 2.75) is 12.5 Å². The Morgan fingerprint density at radius 1 is 1.11 bits per heavy atom. The lowest BCUT2D eigenvalue weighted by atomic mass is 10.1. The predicted molar refractivity (Wildman–Crippen MR) is 110 cm³/mol. The van der Waals surface area contributed by atoms with E-state index in [2.05, 4.69) is 43.6 Å². The van der Waals surface area contributed by atoms with E-state index in [-0.39, 0.29) is 11.9 Å². The first kappa shape index (κ1) is 16.6. The van der Waals surface area contributed by atoms with Crippen LogP contribution in [-0.2, 0) is 0 Å². The van der Waals surface area contributed by atoms with Crippen molar-refractivity contribution in [3.8, 4) is 11.3 Å². The minimum Gasteiger partial charge on any atom is -0.361 e. The van der Waals surface area contributed by atoms with Crippen LogP contribution in [0.15, 0.2) is 66.9 Å². The Morgan fingerprint density at radius 2 is 2.00 bits per heavy atom. The molecule has 1 saturated heterocycles. The average molecular weight is 371 g/mol. The Hall–Kier alpha value is -3.54. The Morgan fingerprint density at radius 3 is 2.89 bits per heavy atom. The molecule has 1 aliphatic heterocycles. The number of nitrogens with zero attached hydrogens (tertiary/aromatic N) is 2. The Balaban J connectivity index is 1.24. The molecule has 0 aliphatic carbocycles. The number of anilines is 1. The summed E-state index contributed by atoms with van der Waals surface area (Å²) in [5.74, 6) is 0.888. The largest absolute Gasteiger partial charge is 0.361 e. The van der Waals surface area contributed by atoms with Crippen LogP contribution in [0.2, 0.25) is 0 Å².